The van der Waals surface area contributed by atoms with Gasteiger partial charge in [-0.05, 0) is 11.6 Å². The van der Waals surface area contributed by atoms with Crippen molar-refractivity contribution in [1.29, 1.82) is 0 Å². The van der Waals surface area contributed by atoms with Gasteiger partial charge in [0.05, 0.1) is 0 Å². The molecule has 0 saturated heterocycles. The molecule has 0 spiro atoms. The summed E-state index contributed by atoms with van der Waals surface area (Å²) in [4.78, 5) is 15.4. The van der Waals surface area contributed by atoms with Gasteiger partial charge >= 0.3 is 0 Å². The number of fused-ring (bicyclic) bond motifs is 1. The summed E-state index contributed by atoms with van der Waals surface area (Å²) in [5.74, 6) is 1.08. The molecule has 1 aliphatic rings. The Kier molecular flexibility index (Phi) is 2.11. The highest BCUT2D eigenvalue weighted by atomic mass is 16.5. The van der Waals surface area contributed by atoms with Crippen LogP contribution in [0.2, 0.25) is 0 Å². The predicted molar refractivity (Wildman–Crippen MR) is 60.8 cm³/mol. The third-order valence-electron chi connectivity index (χ3n) is 2.68. The smallest absolute Gasteiger partial charge is 0.224 e. The molecular formula is C12H10N3O2+. The number of hydrogen-bond donors (Lipinski definition) is 0. The van der Waals surface area contributed by atoms with Crippen LogP contribution in [-0.2, 0) is 6.54 Å². The van der Waals surface area contributed by atoms with Crippen LogP contribution >= 0.6 is 0 Å². The number of rotatable bonds is 1. The second-order valence-corrected chi connectivity index (χ2v) is 3.94. The van der Waals surface area contributed by atoms with Crippen LogP contribution < -0.4 is 0 Å². The molecule has 0 saturated carbocycles. The van der Waals surface area contributed by atoms with Crippen molar-refractivity contribution < 1.29 is 9.28 Å². The lowest BCUT2D eigenvalue weighted by molar-refractivity contribution is -0.496. The van der Waals surface area contributed by atoms with E-state index in [0.717, 1.165) is 21.5 Å². The zero-order valence-corrected chi connectivity index (χ0v) is 9.25. The van der Waals surface area contributed by atoms with Crippen molar-refractivity contribution in [3.05, 3.63) is 46.3 Å². The van der Waals surface area contributed by atoms with Crippen LogP contribution in [0.5, 0.6) is 0 Å². The Hall–Kier alpha value is -2.30. The lowest BCUT2D eigenvalue weighted by Crippen LogP contribution is -2.06. The molecule has 17 heavy (non-hydrogen) atoms. The fourth-order valence-electron chi connectivity index (χ4n) is 1.84. The molecule has 0 unspecified atom stereocenters. The highest BCUT2D eigenvalue weighted by molar-refractivity contribution is 5.63. The second kappa shape index (κ2) is 3.62. The Balaban J connectivity index is 2.07. The highest BCUT2D eigenvalue weighted by Gasteiger charge is 2.17. The van der Waals surface area contributed by atoms with E-state index in [1.165, 1.54) is 6.20 Å². The molecule has 0 bridgehead atoms. The summed E-state index contributed by atoms with van der Waals surface area (Å²) < 4.78 is 5.83. The van der Waals surface area contributed by atoms with Crippen molar-refractivity contribution in [3.63, 3.8) is 0 Å². The maximum absolute atomic E-state index is 11.3. The fourth-order valence-corrected chi connectivity index (χ4v) is 1.84. The number of nitrogens with zero attached hydrogens (tertiary/aromatic N) is 3. The van der Waals surface area contributed by atoms with Crippen LogP contribution in [0.4, 0.5) is 0 Å². The molecular weight excluding hydrogens is 218 g/mol. The Morgan fingerprint density at radius 2 is 2.29 bits per heavy atom. The minimum absolute atomic E-state index is 0.358. The molecule has 0 aliphatic carbocycles. The van der Waals surface area contributed by atoms with Gasteiger partial charge in [-0.3, -0.25) is 0 Å². The maximum atomic E-state index is 11.3. The van der Waals surface area contributed by atoms with E-state index in [0.29, 0.717) is 18.3 Å². The summed E-state index contributed by atoms with van der Waals surface area (Å²) in [6.07, 6.45) is 3.33. The van der Waals surface area contributed by atoms with E-state index in [4.69, 9.17) is 4.52 Å². The first-order valence-electron chi connectivity index (χ1n) is 5.28. The number of aromatic nitrogens is 2. The van der Waals surface area contributed by atoms with Gasteiger partial charge in [-0.15, -0.1) is 0 Å². The van der Waals surface area contributed by atoms with Crippen molar-refractivity contribution in [2.24, 2.45) is 0 Å². The predicted octanol–water partition coefficient (Wildman–Crippen LogP) is 2.31. The number of aryl methyl sites for hydroxylation is 1. The highest BCUT2D eigenvalue weighted by Crippen LogP contribution is 2.23. The maximum Gasteiger partial charge on any atom is 0.224 e. The summed E-state index contributed by atoms with van der Waals surface area (Å²) in [6.45, 7) is 2.10. The fraction of sp³-hybridized carbons (Fsp3) is 0.167. The van der Waals surface area contributed by atoms with Gasteiger partial charge in [0.15, 0.2) is 0 Å². The Morgan fingerprint density at radius 1 is 1.41 bits per heavy atom. The zero-order valence-electron chi connectivity index (χ0n) is 9.25. The number of nitroso groups, excluding NO2 is 1. The van der Waals surface area contributed by atoms with E-state index in [1.54, 1.807) is 13.0 Å². The molecule has 84 valence electrons. The van der Waals surface area contributed by atoms with E-state index >= 15 is 0 Å². The Labute approximate surface area is 97.3 Å². The normalized spacial score (nSPS) is 13.8. The van der Waals surface area contributed by atoms with Crippen LogP contribution in [0.15, 0.2) is 28.9 Å². The van der Waals surface area contributed by atoms with Crippen LogP contribution in [-0.4, -0.2) is 14.9 Å². The monoisotopic (exact) mass is 228 g/mol. The van der Waals surface area contributed by atoms with Crippen molar-refractivity contribution in [3.8, 4) is 11.4 Å². The molecule has 2 heterocycles. The van der Waals surface area contributed by atoms with Crippen LogP contribution in [0.1, 0.15) is 17.0 Å². The van der Waals surface area contributed by atoms with E-state index in [-0.39, 0.29) is 0 Å². The van der Waals surface area contributed by atoms with Crippen LogP contribution in [0, 0.1) is 11.8 Å². The molecule has 5 nitrogen and oxygen atoms in total. The van der Waals surface area contributed by atoms with E-state index < -0.39 is 0 Å². The molecule has 0 amide bonds. The van der Waals surface area contributed by atoms with Gasteiger partial charge in [-0.25, -0.2) is 0 Å². The molecule has 2 aromatic rings. The summed E-state index contributed by atoms with van der Waals surface area (Å²) >= 11 is 0. The van der Waals surface area contributed by atoms with Gasteiger partial charge in [-0.1, -0.05) is 17.3 Å². The van der Waals surface area contributed by atoms with Gasteiger partial charge in [-0.2, -0.15) is 4.98 Å². The van der Waals surface area contributed by atoms with E-state index in [9.17, 15) is 4.91 Å². The molecule has 1 aromatic heterocycles. The average molecular weight is 228 g/mol. The standard InChI is InChI=1S/C12H10N3O2/c1-8-13-12(14-17-8)10-3-2-9-4-5-15(16)7-11(9)6-10/h2-6H,7H2,1H3/q+1. The largest absolute Gasteiger partial charge is 0.339 e. The molecule has 1 aromatic carbocycles. The SMILES string of the molecule is Cc1nc(-c2ccc3c(c2)C[N+](=O)C=C3)no1. The van der Waals surface area contributed by atoms with Gasteiger partial charge in [0.2, 0.25) is 24.5 Å². The third kappa shape index (κ3) is 1.75. The lowest BCUT2D eigenvalue weighted by atomic mass is 10.0. The summed E-state index contributed by atoms with van der Waals surface area (Å²) in [5.41, 5.74) is 2.90. The summed E-state index contributed by atoms with van der Waals surface area (Å²) in [5, 5.41) is 3.86. The van der Waals surface area contributed by atoms with Crippen molar-refractivity contribution in [2.45, 2.75) is 13.5 Å². The molecule has 3 rings (SSSR count). The van der Waals surface area contributed by atoms with Crippen molar-refractivity contribution in [1.82, 2.24) is 10.1 Å². The topological polar surface area (TPSA) is 59.0 Å². The first-order valence-corrected chi connectivity index (χ1v) is 5.28. The van der Waals surface area contributed by atoms with Gasteiger partial charge in [0, 0.05) is 33.8 Å². The Bertz CT molecular complexity index is 628. The van der Waals surface area contributed by atoms with Crippen molar-refractivity contribution in [2.75, 3.05) is 0 Å². The summed E-state index contributed by atoms with van der Waals surface area (Å²) in [7, 11) is 0. The number of hydrogen-bond acceptors (Lipinski definition) is 4. The third-order valence-corrected chi connectivity index (χ3v) is 2.68. The summed E-state index contributed by atoms with van der Waals surface area (Å²) in [6, 6.07) is 5.81. The molecule has 0 N–H and O–H groups in total. The van der Waals surface area contributed by atoms with Crippen LogP contribution in [0.25, 0.3) is 17.5 Å². The average Bonchev–Trinajstić information content (AvgIpc) is 2.75. The zero-order chi connectivity index (χ0) is 11.8. The second-order valence-electron chi connectivity index (χ2n) is 3.94. The molecule has 0 fully saturated rings. The van der Waals surface area contributed by atoms with Crippen LogP contribution in [0.3, 0.4) is 0 Å². The minimum atomic E-state index is 0.358. The van der Waals surface area contributed by atoms with Crippen molar-refractivity contribution >= 4 is 6.08 Å². The molecule has 0 radical (unpaired) electrons. The van der Waals surface area contributed by atoms with E-state index in [1.807, 2.05) is 18.2 Å². The first kappa shape index (κ1) is 9.89. The number of benzene rings is 1. The molecule has 1 aliphatic heterocycles. The van der Waals surface area contributed by atoms with Gasteiger partial charge < -0.3 is 4.52 Å². The van der Waals surface area contributed by atoms with Gasteiger partial charge in [0.25, 0.3) is 0 Å². The lowest BCUT2D eigenvalue weighted by Gasteiger charge is -2.05. The van der Waals surface area contributed by atoms with E-state index in [2.05, 4.69) is 10.1 Å². The molecule has 0 atom stereocenters. The molecule has 5 heteroatoms. The quantitative estimate of drug-likeness (QED) is 0.703. The van der Waals surface area contributed by atoms with Gasteiger partial charge in [0.1, 0.15) is 0 Å². The first-order chi connectivity index (χ1) is 8.22. The minimum Gasteiger partial charge on any atom is -0.339 e. The Morgan fingerprint density at radius 3 is 3.06 bits per heavy atom.